The summed E-state index contributed by atoms with van der Waals surface area (Å²) in [4.78, 5) is 26.4. The standard InChI is InChI=1S/C21H30N2O4/c1-27-18-9-4-8-17(13-18)23-14-16(12-20(23)25)21(26)22-11-5-7-15-6-2-3-10-19(15)24/h4,8-9,13,15-16,19,24H,2-3,5-7,10-12,14H2,1H3,(H,22,26)/t15-,16-,19+/m1/s1. The first-order valence-corrected chi connectivity index (χ1v) is 9.98. The number of carbonyl (C=O) groups excluding carboxylic acids is 2. The maximum Gasteiger partial charge on any atom is 0.227 e. The second-order valence-corrected chi connectivity index (χ2v) is 7.65. The van der Waals surface area contributed by atoms with Crippen molar-refractivity contribution in [3.8, 4) is 5.75 Å². The van der Waals surface area contributed by atoms with Gasteiger partial charge in [-0.15, -0.1) is 0 Å². The lowest BCUT2D eigenvalue weighted by Crippen LogP contribution is -2.34. The molecule has 6 nitrogen and oxygen atoms in total. The molecule has 0 bridgehead atoms. The number of benzene rings is 1. The van der Waals surface area contributed by atoms with Gasteiger partial charge in [-0.2, -0.15) is 0 Å². The van der Waals surface area contributed by atoms with Gasteiger partial charge in [-0.25, -0.2) is 0 Å². The average Bonchev–Trinajstić information content (AvgIpc) is 3.08. The van der Waals surface area contributed by atoms with Gasteiger partial charge in [0.05, 0.1) is 19.1 Å². The van der Waals surface area contributed by atoms with Crippen LogP contribution in [-0.4, -0.2) is 43.2 Å². The van der Waals surface area contributed by atoms with Crippen LogP contribution in [0.2, 0.25) is 0 Å². The molecule has 1 aromatic rings. The number of rotatable bonds is 7. The number of carbonyl (C=O) groups is 2. The van der Waals surface area contributed by atoms with Crippen LogP contribution in [0.15, 0.2) is 24.3 Å². The molecule has 2 amide bonds. The molecule has 0 unspecified atom stereocenters. The Bertz CT molecular complexity index is 663. The molecule has 1 aliphatic carbocycles. The van der Waals surface area contributed by atoms with Crippen molar-refractivity contribution in [3.05, 3.63) is 24.3 Å². The molecular weight excluding hydrogens is 344 g/mol. The van der Waals surface area contributed by atoms with Gasteiger partial charge in [0.2, 0.25) is 11.8 Å². The predicted octanol–water partition coefficient (Wildman–Crippen LogP) is 2.50. The Morgan fingerprint density at radius 1 is 1.33 bits per heavy atom. The molecule has 0 aromatic heterocycles. The molecule has 3 rings (SSSR count). The molecule has 27 heavy (non-hydrogen) atoms. The quantitative estimate of drug-likeness (QED) is 0.719. The summed E-state index contributed by atoms with van der Waals surface area (Å²) in [5.41, 5.74) is 0.765. The molecule has 2 fully saturated rings. The van der Waals surface area contributed by atoms with E-state index in [2.05, 4.69) is 5.32 Å². The van der Waals surface area contributed by atoms with Crippen LogP contribution in [0.4, 0.5) is 5.69 Å². The van der Waals surface area contributed by atoms with E-state index in [1.54, 1.807) is 12.0 Å². The molecule has 1 heterocycles. The lowest BCUT2D eigenvalue weighted by molar-refractivity contribution is -0.126. The summed E-state index contributed by atoms with van der Waals surface area (Å²) < 4.78 is 5.21. The monoisotopic (exact) mass is 374 g/mol. The Balaban J connectivity index is 1.44. The Kier molecular flexibility index (Phi) is 6.72. The van der Waals surface area contributed by atoms with E-state index in [0.29, 0.717) is 24.8 Å². The second kappa shape index (κ2) is 9.22. The van der Waals surface area contributed by atoms with E-state index in [1.807, 2.05) is 24.3 Å². The minimum Gasteiger partial charge on any atom is -0.497 e. The number of nitrogens with zero attached hydrogens (tertiary/aromatic N) is 1. The number of hydrogen-bond donors (Lipinski definition) is 2. The molecule has 1 saturated heterocycles. The largest absolute Gasteiger partial charge is 0.497 e. The molecule has 0 spiro atoms. The second-order valence-electron chi connectivity index (χ2n) is 7.65. The van der Waals surface area contributed by atoms with Crippen LogP contribution >= 0.6 is 0 Å². The fourth-order valence-electron chi connectivity index (χ4n) is 4.16. The lowest BCUT2D eigenvalue weighted by Gasteiger charge is -2.27. The number of hydrogen-bond acceptors (Lipinski definition) is 4. The van der Waals surface area contributed by atoms with E-state index in [0.717, 1.165) is 37.8 Å². The van der Waals surface area contributed by atoms with Crippen molar-refractivity contribution in [2.45, 2.75) is 51.0 Å². The first-order chi connectivity index (χ1) is 13.1. The van der Waals surface area contributed by atoms with Gasteiger partial charge in [-0.05, 0) is 43.7 Å². The van der Waals surface area contributed by atoms with Crippen molar-refractivity contribution in [1.82, 2.24) is 5.32 Å². The molecule has 3 atom stereocenters. The van der Waals surface area contributed by atoms with Gasteiger partial charge in [0, 0.05) is 31.3 Å². The molecule has 1 aromatic carbocycles. The number of ether oxygens (including phenoxy) is 1. The number of aliphatic hydroxyl groups is 1. The third-order valence-corrected chi connectivity index (χ3v) is 5.78. The van der Waals surface area contributed by atoms with E-state index < -0.39 is 0 Å². The van der Waals surface area contributed by atoms with Gasteiger partial charge in [-0.1, -0.05) is 18.9 Å². The Hall–Kier alpha value is -2.08. The Morgan fingerprint density at radius 2 is 2.15 bits per heavy atom. The van der Waals surface area contributed by atoms with Crippen molar-refractivity contribution in [2.75, 3.05) is 25.1 Å². The van der Waals surface area contributed by atoms with Crippen LogP contribution in [0.1, 0.15) is 44.9 Å². The normalized spacial score (nSPS) is 25.5. The number of aliphatic hydroxyl groups excluding tert-OH is 1. The van der Waals surface area contributed by atoms with E-state index in [4.69, 9.17) is 4.74 Å². The highest BCUT2D eigenvalue weighted by Gasteiger charge is 2.35. The zero-order chi connectivity index (χ0) is 19.2. The van der Waals surface area contributed by atoms with Crippen LogP contribution in [0.5, 0.6) is 5.75 Å². The summed E-state index contributed by atoms with van der Waals surface area (Å²) >= 11 is 0. The molecular formula is C21H30N2O4. The van der Waals surface area contributed by atoms with Crippen molar-refractivity contribution >= 4 is 17.5 Å². The van der Waals surface area contributed by atoms with Crippen molar-refractivity contribution in [2.24, 2.45) is 11.8 Å². The highest BCUT2D eigenvalue weighted by molar-refractivity contribution is 6.00. The fourth-order valence-corrected chi connectivity index (χ4v) is 4.16. The van der Waals surface area contributed by atoms with Crippen molar-refractivity contribution < 1.29 is 19.4 Å². The third kappa shape index (κ3) is 5.01. The zero-order valence-corrected chi connectivity index (χ0v) is 16.0. The van der Waals surface area contributed by atoms with Gasteiger partial charge in [-0.3, -0.25) is 9.59 Å². The summed E-state index contributed by atoms with van der Waals surface area (Å²) in [6.07, 6.45) is 6.17. The lowest BCUT2D eigenvalue weighted by atomic mass is 9.83. The van der Waals surface area contributed by atoms with Crippen molar-refractivity contribution in [3.63, 3.8) is 0 Å². The number of nitrogens with one attached hydrogen (secondary N) is 1. The first kappa shape index (κ1) is 19.7. The van der Waals surface area contributed by atoms with Gasteiger partial charge in [0.25, 0.3) is 0 Å². The molecule has 148 valence electrons. The summed E-state index contributed by atoms with van der Waals surface area (Å²) in [7, 11) is 1.59. The highest BCUT2D eigenvalue weighted by atomic mass is 16.5. The molecule has 2 aliphatic rings. The van der Waals surface area contributed by atoms with Crippen LogP contribution in [-0.2, 0) is 9.59 Å². The van der Waals surface area contributed by atoms with Gasteiger partial charge < -0.3 is 20.1 Å². The summed E-state index contributed by atoms with van der Waals surface area (Å²) in [5, 5.41) is 13.0. The molecule has 1 saturated carbocycles. The summed E-state index contributed by atoms with van der Waals surface area (Å²) in [6, 6.07) is 7.34. The minimum absolute atomic E-state index is 0.0336. The highest BCUT2D eigenvalue weighted by Crippen LogP contribution is 2.29. The van der Waals surface area contributed by atoms with Gasteiger partial charge >= 0.3 is 0 Å². The van der Waals surface area contributed by atoms with E-state index >= 15 is 0 Å². The minimum atomic E-state index is -0.316. The van der Waals surface area contributed by atoms with E-state index in [1.165, 1.54) is 6.42 Å². The third-order valence-electron chi connectivity index (χ3n) is 5.78. The van der Waals surface area contributed by atoms with Gasteiger partial charge in [0.1, 0.15) is 5.75 Å². The smallest absolute Gasteiger partial charge is 0.227 e. The maximum atomic E-state index is 12.4. The molecule has 2 N–H and O–H groups in total. The van der Waals surface area contributed by atoms with Crippen LogP contribution in [0.25, 0.3) is 0 Å². The van der Waals surface area contributed by atoms with Crippen molar-refractivity contribution in [1.29, 1.82) is 0 Å². The van der Waals surface area contributed by atoms with Crippen LogP contribution < -0.4 is 15.0 Å². The van der Waals surface area contributed by atoms with E-state index in [9.17, 15) is 14.7 Å². The molecule has 0 radical (unpaired) electrons. The first-order valence-electron chi connectivity index (χ1n) is 9.98. The number of anilines is 1. The Labute approximate surface area is 160 Å². The SMILES string of the molecule is COc1cccc(N2C[C@H](C(=O)NCCC[C@H]3CCCC[C@@H]3O)CC2=O)c1. The number of amides is 2. The number of methoxy groups -OCH3 is 1. The zero-order valence-electron chi connectivity index (χ0n) is 16.0. The Morgan fingerprint density at radius 3 is 2.93 bits per heavy atom. The van der Waals surface area contributed by atoms with E-state index in [-0.39, 0.29) is 30.3 Å². The maximum absolute atomic E-state index is 12.4. The molecule has 6 heteroatoms. The molecule has 1 aliphatic heterocycles. The summed E-state index contributed by atoms with van der Waals surface area (Å²) in [5.74, 6) is 0.654. The predicted molar refractivity (Wildman–Crippen MR) is 104 cm³/mol. The average molecular weight is 374 g/mol. The van der Waals surface area contributed by atoms with Crippen LogP contribution in [0, 0.1) is 11.8 Å². The fraction of sp³-hybridized carbons (Fsp3) is 0.619. The topological polar surface area (TPSA) is 78.9 Å². The van der Waals surface area contributed by atoms with Gasteiger partial charge in [0.15, 0.2) is 0 Å². The van der Waals surface area contributed by atoms with Crippen LogP contribution in [0.3, 0.4) is 0 Å². The summed E-state index contributed by atoms with van der Waals surface area (Å²) in [6.45, 7) is 1.01.